The molecule has 2 unspecified atom stereocenters. The van der Waals surface area contributed by atoms with Crippen LogP contribution in [0.5, 0.6) is 0 Å². The van der Waals surface area contributed by atoms with Crippen LogP contribution in [-0.4, -0.2) is 35.7 Å². The lowest BCUT2D eigenvalue weighted by atomic mass is 10.0. The van der Waals surface area contributed by atoms with Crippen molar-refractivity contribution in [3.05, 3.63) is 0 Å². The average molecular weight is 233 g/mol. The molecule has 0 heterocycles. The largest absolute Gasteiger partial charge is 0.396 e. The molecule has 1 amide bonds. The van der Waals surface area contributed by atoms with Crippen LogP contribution in [0.1, 0.15) is 33.1 Å². The second-order valence-corrected chi connectivity index (χ2v) is 4.97. The van der Waals surface area contributed by atoms with E-state index < -0.39 is 0 Å². The van der Waals surface area contributed by atoms with E-state index in [-0.39, 0.29) is 17.8 Å². The number of hydrogen-bond acceptors (Lipinski definition) is 3. The van der Waals surface area contributed by atoms with Gasteiger partial charge in [0.25, 0.3) is 0 Å². The molecule has 90 valence electrons. The number of aliphatic hydroxyl groups is 1. The van der Waals surface area contributed by atoms with Gasteiger partial charge in [0, 0.05) is 13.2 Å². The predicted molar refractivity (Wildman–Crippen MR) is 66.1 cm³/mol. The van der Waals surface area contributed by atoms with Gasteiger partial charge in [-0.2, -0.15) is 11.8 Å². The highest BCUT2D eigenvalue weighted by Gasteiger charge is 2.13. The lowest BCUT2D eigenvalue weighted by Crippen LogP contribution is -2.34. The van der Waals surface area contributed by atoms with Crippen LogP contribution in [-0.2, 0) is 4.79 Å². The van der Waals surface area contributed by atoms with Crippen LogP contribution >= 0.6 is 11.8 Å². The maximum absolute atomic E-state index is 11.5. The van der Waals surface area contributed by atoms with Crippen molar-refractivity contribution in [2.24, 2.45) is 5.92 Å². The Morgan fingerprint density at radius 1 is 1.47 bits per heavy atom. The molecule has 0 aliphatic rings. The minimum Gasteiger partial charge on any atom is -0.396 e. The van der Waals surface area contributed by atoms with Crippen molar-refractivity contribution in [1.29, 1.82) is 0 Å². The highest BCUT2D eigenvalue weighted by atomic mass is 32.2. The highest BCUT2D eigenvalue weighted by molar-refractivity contribution is 7.99. The van der Waals surface area contributed by atoms with Crippen LogP contribution in [0.4, 0.5) is 0 Å². The Balaban J connectivity index is 3.82. The average Bonchev–Trinajstić information content (AvgIpc) is 2.25. The number of thioether (sulfide) groups is 1. The number of rotatable bonds is 8. The first-order valence-electron chi connectivity index (χ1n) is 5.57. The molecular weight excluding hydrogens is 210 g/mol. The van der Waals surface area contributed by atoms with Gasteiger partial charge in [0.15, 0.2) is 0 Å². The van der Waals surface area contributed by atoms with Crippen molar-refractivity contribution < 1.29 is 9.90 Å². The van der Waals surface area contributed by atoms with Crippen molar-refractivity contribution in [3.8, 4) is 0 Å². The Hall–Kier alpha value is -0.220. The van der Waals surface area contributed by atoms with E-state index in [4.69, 9.17) is 5.11 Å². The normalized spacial score (nSPS) is 14.7. The Kier molecular flexibility index (Phi) is 8.91. The van der Waals surface area contributed by atoms with E-state index in [0.29, 0.717) is 12.5 Å². The first kappa shape index (κ1) is 14.8. The van der Waals surface area contributed by atoms with Gasteiger partial charge in [-0.3, -0.25) is 4.79 Å². The van der Waals surface area contributed by atoms with Gasteiger partial charge in [0.1, 0.15) is 0 Å². The third-order valence-electron chi connectivity index (χ3n) is 2.52. The summed E-state index contributed by atoms with van der Waals surface area (Å²) < 4.78 is 0. The SMILES string of the molecule is CCCC(CCO)CNC(=O)C(C)SC. The zero-order valence-corrected chi connectivity index (χ0v) is 10.8. The maximum Gasteiger partial charge on any atom is 0.232 e. The third-order valence-corrected chi connectivity index (χ3v) is 3.44. The molecule has 15 heavy (non-hydrogen) atoms. The molecule has 0 radical (unpaired) electrons. The van der Waals surface area contributed by atoms with Crippen LogP contribution in [0.2, 0.25) is 0 Å². The molecule has 3 nitrogen and oxygen atoms in total. The van der Waals surface area contributed by atoms with Crippen molar-refractivity contribution >= 4 is 17.7 Å². The molecule has 0 saturated heterocycles. The molecule has 0 aromatic carbocycles. The molecule has 0 aromatic rings. The summed E-state index contributed by atoms with van der Waals surface area (Å²) >= 11 is 1.55. The highest BCUT2D eigenvalue weighted by Crippen LogP contribution is 2.10. The van der Waals surface area contributed by atoms with Crippen molar-refractivity contribution in [3.63, 3.8) is 0 Å². The summed E-state index contributed by atoms with van der Waals surface area (Å²) in [6, 6.07) is 0. The summed E-state index contributed by atoms with van der Waals surface area (Å²) in [4.78, 5) is 11.5. The van der Waals surface area contributed by atoms with Gasteiger partial charge >= 0.3 is 0 Å². The molecule has 0 aromatic heterocycles. The van der Waals surface area contributed by atoms with E-state index in [2.05, 4.69) is 12.2 Å². The molecular formula is C11H23NO2S. The first-order valence-corrected chi connectivity index (χ1v) is 6.85. The number of nitrogens with one attached hydrogen (secondary N) is 1. The van der Waals surface area contributed by atoms with Crippen molar-refractivity contribution in [2.45, 2.75) is 38.4 Å². The summed E-state index contributed by atoms with van der Waals surface area (Å²) in [6.45, 7) is 4.92. The third kappa shape index (κ3) is 6.79. The molecule has 4 heteroatoms. The summed E-state index contributed by atoms with van der Waals surface area (Å²) in [6.07, 6.45) is 4.87. The second kappa shape index (κ2) is 9.04. The fourth-order valence-corrected chi connectivity index (χ4v) is 1.73. The standard InChI is InChI=1S/C11H23NO2S/c1-4-5-10(6-7-13)8-12-11(14)9(2)15-3/h9-10,13H,4-8H2,1-3H3,(H,12,14). The van der Waals surface area contributed by atoms with Gasteiger partial charge in [-0.05, 0) is 31.9 Å². The molecule has 0 fully saturated rings. The Morgan fingerprint density at radius 3 is 2.60 bits per heavy atom. The van der Waals surface area contributed by atoms with Gasteiger partial charge in [-0.15, -0.1) is 0 Å². The Bertz CT molecular complexity index is 170. The van der Waals surface area contributed by atoms with Crippen LogP contribution in [0.25, 0.3) is 0 Å². The topological polar surface area (TPSA) is 49.3 Å². The summed E-state index contributed by atoms with van der Waals surface area (Å²) in [5.74, 6) is 0.513. The summed E-state index contributed by atoms with van der Waals surface area (Å²) in [5, 5.41) is 11.8. The molecule has 2 N–H and O–H groups in total. The molecule has 0 saturated carbocycles. The van der Waals surface area contributed by atoms with Gasteiger partial charge in [0.2, 0.25) is 5.91 Å². The van der Waals surface area contributed by atoms with E-state index in [1.54, 1.807) is 11.8 Å². The number of amides is 1. The minimum atomic E-state index is 0.0152. The van der Waals surface area contributed by atoms with E-state index in [1.165, 1.54) is 0 Å². The van der Waals surface area contributed by atoms with E-state index >= 15 is 0 Å². The van der Waals surface area contributed by atoms with Gasteiger partial charge in [-0.25, -0.2) is 0 Å². The first-order chi connectivity index (χ1) is 7.15. The van der Waals surface area contributed by atoms with Crippen LogP contribution < -0.4 is 5.32 Å². The van der Waals surface area contributed by atoms with Gasteiger partial charge in [0.05, 0.1) is 5.25 Å². The molecule has 0 aliphatic carbocycles. The minimum absolute atomic E-state index is 0.0152. The van der Waals surface area contributed by atoms with Gasteiger partial charge < -0.3 is 10.4 Å². The van der Waals surface area contributed by atoms with E-state index in [9.17, 15) is 4.79 Å². The maximum atomic E-state index is 11.5. The fraction of sp³-hybridized carbons (Fsp3) is 0.909. The van der Waals surface area contributed by atoms with Crippen molar-refractivity contribution in [1.82, 2.24) is 5.32 Å². The summed E-state index contributed by atoms with van der Waals surface area (Å²) in [7, 11) is 0. The van der Waals surface area contributed by atoms with Crippen LogP contribution in [0.3, 0.4) is 0 Å². The molecule has 0 spiro atoms. The fourth-order valence-electron chi connectivity index (χ4n) is 1.43. The zero-order chi connectivity index (χ0) is 11.7. The number of carbonyl (C=O) groups excluding carboxylic acids is 1. The second-order valence-electron chi connectivity index (χ2n) is 3.79. The van der Waals surface area contributed by atoms with Gasteiger partial charge in [-0.1, -0.05) is 13.3 Å². The Labute approximate surface area is 97.0 Å². The number of carbonyl (C=O) groups is 1. The number of hydrogen-bond donors (Lipinski definition) is 2. The number of aliphatic hydroxyl groups excluding tert-OH is 1. The zero-order valence-electron chi connectivity index (χ0n) is 9.95. The van der Waals surface area contributed by atoms with E-state index in [1.807, 2.05) is 13.2 Å². The predicted octanol–water partition coefficient (Wildman–Crippen LogP) is 1.65. The Morgan fingerprint density at radius 2 is 2.13 bits per heavy atom. The lowest BCUT2D eigenvalue weighted by molar-refractivity contribution is -0.120. The monoisotopic (exact) mass is 233 g/mol. The summed E-state index contributed by atoms with van der Waals surface area (Å²) in [5.41, 5.74) is 0. The van der Waals surface area contributed by atoms with Crippen LogP contribution in [0.15, 0.2) is 0 Å². The molecule has 0 aliphatic heterocycles. The van der Waals surface area contributed by atoms with E-state index in [0.717, 1.165) is 19.3 Å². The molecule has 0 bridgehead atoms. The molecule has 2 atom stereocenters. The van der Waals surface area contributed by atoms with Crippen LogP contribution in [0, 0.1) is 5.92 Å². The smallest absolute Gasteiger partial charge is 0.232 e. The molecule has 0 rings (SSSR count). The van der Waals surface area contributed by atoms with Crippen molar-refractivity contribution in [2.75, 3.05) is 19.4 Å². The lowest BCUT2D eigenvalue weighted by Gasteiger charge is -2.17. The quantitative estimate of drug-likeness (QED) is 0.670.